The summed E-state index contributed by atoms with van der Waals surface area (Å²) < 4.78 is 0. The molecule has 0 aromatic heterocycles. The van der Waals surface area contributed by atoms with Crippen LogP contribution in [-0.4, -0.2) is 60.4 Å². The number of aryl methyl sites for hydroxylation is 1. The van der Waals surface area contributed by atoms with Crippen LogP contribution >= 0.6 is 0 Å². The second-order valence-electron chi connectivity index (χ2n) is 10.1. The Kier molecular flexibility index (Phi) is 9.58. The van der Waals surface area contributed by atoms with Gasteiger partial charge in [-0.05, 0) is 61.6 Å². The van der Waals surface area contributed by atoms with Crippen molar-refractivity contribution in [2.24, 2.45) is 11.8 Å². The Morgan fingerprint density at radius 2 is 1.69 bits per heavy atom. The lowest BCUT2D eigenvalue weighted by Crippen LogP contribution is -2.58. The molecule has 1 aromatic rings. The Hall–Kier alpha value is -1.88. The SMILES string of the molecule is CCCCc1ccc(C(=O)N2CCN([C@@H](C(=O)NCCC(C)C)C3CCCC3)CC2)cc1. The maximum Gasteiger partial charge on any atom is 0.253 e. The van der Waals surface area contributed by atoms with Crippen LogP contribution in [0.2, 0.25) is 0 Å². The number of rotatable bonds is 10. The van der Waals surface area contributed by atoms with Crippen molar-refractivity contribution in [3.05, 3.63) is 35.4 Å². The van der Waals surface area contributed by atoms with Crippen LogP contribution in [0.15, 0.2) is 24.3 Å². The highest BCUT2D eigenvalue weighted by Gasteiger charge is 2.37. The van der Waals surface area contributed by atoms with Gasteiger partial charge in [-0.1, -0.05) is 52.2 Å². The van der Waals surface area contributed by atoms with Crippen LogP contribution in [0.3, 0.4) is 0 Å². The van der Waals surface area contributed by atoms with Crippen LogP contribution in [0, 0.1) is 11.8 Å². The molecular weight excluding hydrogens is 398 g/mol. The number of carbonyl (C=O) groups is 2. The van der Waals surface area contributed by atoms with E-state index in [-0.39, 0.29) is 17.9 Å². The third-order valence-electron chi connectivity index (χ3n) is 7.15. The molecule has 2 fully saturated rings. The lowest BCUT2D eigenvalue weighted by atomic mass is 9.94. The number of carbonyl (C=O) groups excluding carboxylic acids is 2. The molecule has 0 unspecified atom stereocenters. The highest BCUT2D eigenvalue weighted by Crippen LogP contribution is 2.31. The molecule has 1 heterocycles. The summed E-state index contributed by atoms with van der Waals surface area (Å²) in [4.78, 5) is 30.5. The van der Waals surface area contributed by atoms with Gasteiger partial charge in [0, 0.05) is 38.3 Å². The minimum atomic E-state index is -0.0419. The van der Waals surface area contributed by atoms with E-state index in [2.05, 4.69) is 43.1 Å². The number of hydrogen-bond acceptors (Lipinski definition) is 3. The predicted molar refractivity (Wildman–Crippen MR) is 131 cm³/mol. The van der Waals surface area contributed by atoms with Crippen LogP contribution in [-0.2, 0) is 11.2 Å². The van der Waals surface area contributed by atoms with Crippen molar-refractivity contribution in [1.29, 1.82) is 0 Å². The first-order valence-corrected chi connectivity index (χ1v) is 12.9. The fourth-order valence-electron chi connectivity index (χ4n) is 5.12. The minimum Gasteiger partial charge on any atom is -0.355 e. The molecule has 1 aromatic carbocycles. The van der Waals surface area contributed by atoms with Crippen LogP contribution < -0.4 is 5.32 Å². The van der Waals surface area contributed by atoms with E-state index in [0.717, 1.165) is 50.9 Å². The van der Waals surface area contributed by atoms with E-state index >= 15 is 0 Å². The Morgan fingerprint density at radius 3 is 2.28 bits per heavy atom. The number of unbranched alkanes of at least 4 members (excludes halogenated alkanes) is 1. The number of benzene rings is 1. The number of nitrogens with zero attached hydrogens (tertiary/aromatic N) is 2. The van der Waals surface area contributed by atoms with Gasteiger partial charge in [-0.25, -0.2) is 0 Å². The predicted octanol–water partition coefficient (Wildman–Crippen LogP) is 4.51. The molecule has 2 amide bonds. The summed E-state index contributed by atoms with van der Waals surface area (Å²) in [6.45, 7) is 10.3. The Morgan fingerprint density at radius 1 is 1.03 bits per heavy atom. The number of piperazine rings is 1. The van der Waals surface area contributed by atoms with E-state index in [1.54, 1.807) is 0 Å². The molecule has 1 saturated heterocycles. The summed E-state index contributed by atoms with van der Waals surface area (Å²) in [5.41, 5.74) is 2.08. The zero-order valence-corrected chi connectivity index (χ0v) is 20.4. The van der Waals surface area contributed by atoms with E-state index in [1.165, 1.54) is 31.2 Å². The molecular formula is C27H43N3O2. The van der Waals surface area contributed by atoms with E-state index in [1.807, 2.05) is 17.0 Å². The molecule has 5 heteroatoms. The van der Waals surface area contributed by atoms with Crippen molar-refractivity contribution >= 4 is 11.8 Å². The summed E-state index contributed by atoms with van der Waals surface area (Å²) in [5.74, 6) is 1.35. The maximum absolute atomic E-state index is 13.1. The Balaban J connectivity index is 1.56. The van der Waals surface area contributed by atoms with Crippen molar-refractivity contribution in [2.45, 2.75) is 78.2 Å². The molecule has 0 radical (unpaired) electrons. The Labute approximate surface area is 194 Å². The standard InChI is InChI=1S/C27H43N3O2/c1-4-5-8-22-11-13-24(14-12-22)27(32)30-19-17-29(18-20-30)25(23-9-6-7-10-23)26(31)28-16-15-21(2)3/h11-14,21,23,25H,4-10,15-20H2,1-3H3,(H,28,31)/t25-/m1/s1. The summed E-state index contributed by atoms with van der Waals surface area (Å²) >= 11 is 0. The van der Waals surface area contributed by atoms with Crippen molar-refractivity contribution in [3.8, 4) is 0 Å². The van der Waals surface area contributed by atoms with Gasteiger partial charge in [0.25, 0.3) is 5.91 Å². The highest BCUT2D eigenvalue weighted by atomic mass is 16.2. The monoisotopic (exact) mass is 441 g/mol. The van der Waals surface area contributed by atoms with Gasteiger partial charge >= 0.3 is 0 Å². The summed E-state index contributed by atoms with van der Waals surface area (Å²) in [5, 5.41) is 3.21. The molecule has 178 valence electrons. The van der Waals surface area contributed by atoms with Gasteiger partial charge in [-0.15, -0.1) is 0 Å². The molecule has 1 N–H and O–H groups in total. The van der Waals surface area contributed by atoms with Gasteiger partial charge in [0.05, 0.1) is 6.04 Å². The minimum absolute atomic E-state index is 0.0419. The van der Waals surface area contributed by atoms with Gasteiger partial charge < -0.3 is 10.2 Å². The number of nitrogens with one attached hydrogen (secondary N) is 1. The van der Waals surface area contributed by atoms with Gasteiger partial charge in [0.15, 0.2) is 0 Å². The normalized spacial score (nSPS) is 18.8. The number of amides is 2. The van der Waals surface area contributed by atoms with Crippen molar-refractivity contribution in [3.63, 3.8) is 0 Å². The smallest absolute Gasteiger partial charge is 0.253 e. The average molecular weight is 442 g/mol. The van der Waals surface area contributed by atoms with Crippen LogP contribution in [0.5, 0.6) is 0 Å². The Bertz CT molecular complexity index is 717. The fraction of sp³-hybridized carbons (Fsp3) is 0.704. The van der Waals surface area contributed by atoms with Gasteiger partial charge in [0.2, 0.25) is 5.91 Å². The molecule has 5 nitrogen and oxygen atoms in total. The largest absolute Gasteiger partial charge is 0.355 e. The summed E-state index contributed by atoms with van der Waals surface area (Å²) in [7, 11) is 0. The first-order chi connectivity index (χ1) is 15.5. The van der Waals surface area contributed by atoms with Crippen LogP contribution in [0.25, 0.3) is 0 Å². The zero-order chi connectivity index (χ0) is 22.9. The molecule has 32 heavy (non-hydrogen) atoms. The third-order valence-corrected chi connectivity index (χ3v) is 7.15. The molecule has 1 atom stereocenters. The molecule has 1 saturated carbocycles. The molecule has 2 aliphatic rings. The first kappa shape index (κ1) is 24.8. The van der Waals surface area contributed by atoms with E-state index in [0.29, 0.717) is 24.9 Å². The first-order valence-electron chi connectivity index (χ1n) is 12.9. The fourth-order valence-corrected chi connectivity index (χ4v) is 5.12. The van der Waals surface area contributed by atoms with E-state index in [4.69, 9.17) is 0 Å². The van der Waals surface area contributed by atoms with Crippen molar-refractivity contribution in [1.82, 2.24) is 15.1 Å². The molecule has 0 spiro atoms. The van der Waals surface area contributed by atoms with E-state index in [9.17, 15) is 9.59 Å². The number of hydrogen-bond donors (Lipinski definition) is 1. The molecule has 1 aliphatic heterocycles. The summed E-state index contributed by atoms with van der Waals surface area (Å²) in [6.07, 6.45) is 9.21. The lowest BCUT2D eigenvalue weighted by Gasteiger charge is -2.40. The highest BCUT2D eigenvalue weighted by molar-refractivity contribution is 5.94. The lowest BCUT2D eigenvalue weighted by molar-refractivity contribution is -0.129. The van der Waals surface area contributed by atoms with Crippen LogP contribution in [0.1, 0.15) is 81.6 Å². The zero-order valence-electron chi connectivity index (χ0n) is 20.4. The van der Waals surface area contributed by atoms with Gasteiger partial charge in [-0.2, -0.15) is 0 Å². The topological polar surface area (TPSA) is 52.7 Å². The molecule has 1 aliphatic carbocycles. The quantitative estimate of drug-likeness (QED) is 0.581. The second kappa shape index (κ2) is 12.4. The van der Waals surface area contributed by atoms with Gasteiger partial charge in [0.1, 0.15) is 0 Å². The van der Waals surface area contributed by atoms with Crippen molar-refractivity contribution in [2.75, 3.05) is 32.7 Å². The van der Waals surface area contributed by atoms with E-state index < -0.39 is 0 Å². The molecule has 3 rings (SSSR count). The third kappa shape index (κ3) is 6.81. The summed E-state index contributed by atoms with van der Waals surface area (Å²) in [6, 6.07) is 8.10. The molecule has 0 bridgehead atoms. The average Bonchev–Trinajstić information content (AvgIpc) is 3.32. The van der Waals surface area contributed by atoms with Gasteiger partial charge in [-0.3, -0.25) is 14.5 Å². The van der Waals surface area contributed by atoms with Crippen molar-refractivity contribution < 1.29 is 9.59 Å². The maximum atomic E-state index is 13.1. The van der Waals surface area contributed by atoms with Crippen LogP contribution in [0.4, 0.5) is 0 Å². The second-order valence-corrected chi connectivity index (χ2v) is 10.1.